The molecule has 0 radical (unpaired) electrons. The fraction of sp³-hybridized carbons (Fsp3) is 0.323. The lowest BCUT2D eigenvalue weighted by atomic mass is 10.0. The highest BCUT2D eigenvalue weighted by molar-refractivity contribution is 6.02. The maximum absolute atomic E-state index is 12.4. The van der Waals surface area contributed by atoms with E-state index in [2.05, 4.69) is 43.2 Å². The smallest absolute Gasteiger partial charge is 0.247 e. The fourth-order valence-corrected chi connectivity index (χ4v) is 5.90. The molecule has 2 N–H and O–H groups in total. The van der Waals surface area contributed by atoms with Crippen LogP contribution in [-0.2, 0) is 16.6 Å². The Morgan fingerprint density at radius 2 is 1.93 bits per heavy atom. The van der Waals surface area contributed by atoms with Gasteiger partial charge in [-0.05, 0) is 43.5 Å². The van der Waals surface area contributed by atoms with Gasteiger partial charge in [0.2, 0.25) is 11.8 Å². The van der Waals surface area contributed by atoms with Gasteiger partial charge in [0.1, 0.15) is 17.9 Å². The molecule has 11 nitrogen and oxygen atoms in total. The highest BCUT2D eigenvalue weighted by atomic mass is 16.5. The zero-order chi connectivity index (χ0) is 29.2. The summed E-state index contributed by atoms with van der Waals surface area (Å²) in [5.74, 6) is 1.14. The van der Waals surface area contributed by atoms with Crippen LogP contribution in [0.1, 0.15) is 25.7 Å². The Balaban J connectivity index is 1.27. The van der Waals surface area contributed by atoms with E-state index in [0.717, 1.165) is 66.7 Å². The number of ether oxygens (including phenoxy) is 1. The number of amides is 2. The van der Waals surface area contributed by atoms with Gasteiger partial charge >= 0.3 is 0 Å². The molecule has 2 fully saturated rings. The van der Waals surface area contributed by atoms with Crippen LogP contribution in [0.15, 0.2) is 61.6 Å². The lowest BCUT2D eigenvalue weighted by molar-refractivity contribution is -0.130. The predicted octanol–water partition coefficient (Wildman–Crippen LogP) is 4.50. The van der Waals surface area contributed by atoms with Crippen LogP contribution in [-0.4, -0.2) is 69.2 Å². The topological polar surface area (TPSA) is 118 Å². The molecule has 0 saturated carbocycles. The average molecular weight is 567 g/mol. The Morgan fingerprint density at radius 3 is 2.67 bits per heavy atom. The minimum absolute atomic E-state index is 0.259. The second kappa shape index (κ2) is 11.5. The van der Waals surface area contributed by atoms with Gasteiger partial charge in [-0.2, -0.15) is 5.10 Å². The maximum atomic E-state index is 12.4. The first-order valence-corrected chi connectivity index (χ1v) is 14.1. The van der Waals surface area contributed by atoms with Gasteiger partial charge < -0.3 is 25.2 Å². The molecule has 2 aromatic carbocycles. The van der Waals surface area contributed by atoms with E-state index in [0.29, 0.717) is 29.4 Å². The number of methoxy groups -OCH3 is 1. The molecular weight excluding hydrogens is 532 g/mol. The number of aromatic nitrogens is 4. The van der Waals surface area contributed by atoms with Crippen molar-refractivity contribution in [3.63, 3.8) is 0 Å². The minimum Gasteiger partial charge on any atom is -0.494 e. The molecule has 2 aliphatic rings. The standard InChI is InChI=1S/C31H34N8O3/c1-4-30(40)36-24-15-25(28(42-3)17-27(24)38-12-9-22(10-13-38)39-11-5-6-31(39)41)35-29-16-23(32-19-33-29)20-7-8-26-21(14-20)18-34-37(26)2/h4,7-8,14-19,22H,1,5-6,9-13H2,2-3H3,(H,36,40)(H,32,33,35). The molecule has 11 heteroatoms. The van der Waals surface area contributed by atoms with Crippen molar-refractivity contribution in [1.29, 1.82) is 0 Å². The number of carbonyl (C=O) groups excluding carboxylic acids is 2. The van der Waals surface area contributed by atoms with Crippen molar-refractivity contribution in [3.8, 4) is 17.0 Å². The summed E-state index contributed by atoms with van der Waals surface area (Å²) >= 11 is 0. The maximum Gasteiger partial charge on any atom is 0.247 e. The fourth-order valence-electron chi connectivity index (χ4n) is 5.90. The van der Waals surface area contributed by atoms with Crippen LogP contribution in [0.5, 0.6) is 5.75 Å². The van der Waals surface area contributed by atoms with Gasteiger partial charge in [-0.3, -0.25) is 14.3 Å². The summed E-state index contributed by atoms with van der Waals surface area (Å²) in [7, 11) is 3.53. The van der Waals surface area contributed by atoms with Crippen LogP contribution in [0.25, 0.3) is 22.2 Å². The molecule has 42 heavy (non-hydrogen) atoms. The van der Waals surface area contributed by atoms with Gasteiger partial charge in [0.15, 0.2) is 0 Å². The molecule has 4 heterocycles. The molecule has 2 aliphatic heterocycles. The summed E-state index contributed by atoms with van der Waals surface area (Å²) in [4.78, 5) is 37.9. The summed E-state index contributed by atoms with van der Waals surface area (Å²) in [5, 5.41) is 11.7. The summed E-state index contributed by atoms with van der Waals surface area (Å²) < 4.78 is 7.62. The van der Waals surface area contributed by atoms with Gasteiger partial charge in [-0.15, -0.1) is 0 Å². The summed E-state index contributed by atoms with van der Waals surface area (Å²) in [6.07, 6.45) is 7.94. The van der Waals surface area contributed by atoms with E-state index in [1.807, 2.05) is 53.2 Å². The van der Waals surface area contributed by atoms with Crippen LogP contribution < -0.4 is 20.3 Å². The first-order valence-electron chi connectivity index (χ1n) is 14.1. The van der Waals surface area contributed by atoms with Crippen molar-refractivity contribution < 1.29 is 14.3 Å². The number of benzene rings is 2. The van der Waals surface area contributed by atoms with Crippen molar-refractivity contribution in [2.75, 3.05) is 42.3 Å². The van der Waals surface area contributed by atoms with Crippen molar-refractivity contribution in [1.82, 2.24) is 24.6 Å². The molecule has 2 aromatic heterocycles. The first kappa shape index (κ1) is 27.3. The number of hydrogen-bond donors (Lipinski definition) is 2. The van der Waals surface area contributed by atoms with Crippen molar-refractivity contribution in [3.05, 3.63) is 61.6 Å². The lowest BCUT2D eigenvalue weighted by Crippen LogP contribution is -2.45. The molecule has 0 bridgehead atoms. The van der Waals surface area contributed by atoms with Crippen LogP contribution in [0.3, 0.4) is 0 Å². The van der Waals surface area contributed by atoms with Crippen LogP contribution >= 0.6 is 0 Å². The molecule has 2 amide bonds. The molecule has 4 aromatic rings. The molecule has 216 valence electrons. The summed E-state index contributed by atoms with van der Waals surface area (Å²) in [5.41, 5.74) is 4.88. The Hall–Kier alpha value is -4.93. The Morgan fingerprint density at radius 1 is 1.10 bits per heavy atom. The van der Waals surface area contributed by atoms with Crippen molar-refractivity contribution in [2.24, 2.45) is 7.05 Å². The van der Waals surface area contributed by atoms with Gasteiger partial charge in [0, 0.05) is 62.2 Å². The second-order valence-corrected chi connectivity index (χ2v) is 10.6. The summed E-state index contributed by atoms with van der Waals surface area (Å²) in [6.45, 7) is 5.99. The third-order valence-corrected chi connectivity index (χ3v) is 8.09. The SMILES string of the molecule is C=CC(=O)Nc1cc(Nc2cc(-c3ccc4c(cnn4C)c3)ncn2)c(OC)cc1N1CCC(N2CCCC2=O)CC1. The quantitative estimate of drug-likeness (QED) is 0.300. The number of hydrogen-bond acceptors (Lipinski definition) is 8. The molecule has 2 saturated heterocycles. The van der Waals surface area contributed by atoms with Crippen LogP contribution in [0.4, 0.5) is 22.9 Å². The average Bonchev–Trinajstić information content (AvgIpc) is 3.62. The van der Waals surface area contributed by atoms with Gasteiger partial charge in [0.05, 0.1) is 41.6 Å². The third kappa shape index (κ3) is 5.37. The lowest BCUT2D eigenvalue weighted by Gasteiger charge is -2.38. The minimum atomic E-state index is -0.306. The zero-order valence-corrected chi connectivity index (χ0v) is 23.8. The van der Waals surface area contributed by atoms with Gasteiger partial charge in [-0.1, -0.05) is 12.6 Å². The van der Waals surface area contributed by atoms with E-state index < -0.39 is 0 Å². The Labute approximate surface area is 244 Å². The van der Waals surface area contributed by atoms with E-state index >= 15 is 0 Å². The number of piperidine rings is 1. The second-order valence-electron chi connectivity index (χ2n) is 10.6. The number of anilines is 4. The van der Waals surface area contributed by atoms with Crippen LogP contribution in [0, 0.1) is 0 Å². The van der Waals surface area contributed by atoms with Gasteiger partial charge in [-0.25, -0.2) is 9.97 Å². The van der Waals surface area contributed by atoms with E-state index in [9.17, 15) is 9.59 Å². The highest BCUT2D eigenvalue weighted by Gasteiger charge is 2.31. The number of likely N-dealkylation sites (tertiary alicyclic amines) is 1. The zero-order valence-electron chi connectivity index (χ0n) is 23.8. The monoisotopic (exact) mass is 566 g/mol. The number of rotatable bonds is 8. The number of nitrogens with one attached hydrogen (secondary N) is 2. The number of carbonyl (C=O) groups is 2. The highest BCUT2D eigenvalue weighted by Crippen LogP contribution is 2.40. The molecule has 0 unspecified atom stereocenters. The van der Waals surface area contributed by atoms with Crippen molar-refractivity contribution in [2.45, 2.75) is 31.7 Å². The normalized spacial score (nSPS) is 15.7. The van der Waals surface area contributed by atoms with Gasteiger partial charge in [0.25, 0.3) is 0 Å². The Kier molecular flexibility index (Phi) is 7.47. The predicted molar refractivity (Wildman–Crippen MR) is 163 cm³/mol. The van der Waals surface area contributed by atoms with E-state index in [4.69, 9.17) is 4.74 Å². The van der Waals surface area contributed by atoms with Crippen molar-refractivity contribution >= 4 is 45.6 Å². The Bertz CT molecular complexity index is 1660. The summed E-state index contributed by atoms with van der Waals surface area (Å²) in [6, 6.07) is 12.0. The third-order valence-electron chi connectivity index (χ3n) is 8.09. The first-order chi connectivity index (χ1) is 20.4. The van der Waals surface area contributed by atoms with E-state index in [1.54, 1.807) is 7.11 Å². The largest absolute Gasteiger partial charge is 0.494 e. The molecule has 0 aliphatic carbocycles. The number of aryl methyl sites for hydroxylation is 1. The van der Waals surface area contributed by atoms with E-state index in [-0.39, 0.29) is 17.9 Å². The molecule has 0 atom stereocenters. The molecular formula is C31H34N8O3. The number of fused-ring (bicyclic) bond motifs is 1. The molecule has 6 rings (SSSR count). The van der Waals surface area contributed by atoms with Crippen LogP contribution in [0.2, 0.25) is 0 Å². The molecule has 0 spiro atoms. The number of nitrogens with zero attached hydrogens (tertiary/aromatic N) is 6. The van der Waals surface area contributed by atoms with E-state index in [1.165, 1.54) is 12.4 Å².